The maximum Gasteiger partial charge on any atom is 0.415 e. The summed E-state index contributed by atoms with van der Waals surface area (Å²) in [5.41, 5.74) is 9.83. The molecule has 0 atom stereocenters. The van der Waals surface area contributed by atoms with E-state index in [9.17, 15) is 14.7 Å². The van der Waals surface area contributed by atoms with Crippen molar-refractivity contribution in [2.75, 3.05) is 31.5 Å². The molecule has 0 unspecified atom stereocenters. The molecule has 1 heterocycles. The lowest BCUT2D eigenvalue weighted by Gasteiger charge is -2.36. The van der Waals surface area contributed by atoms with Gasteiger partial charge in [0.05, 0.1) is 0 Å². The summed E-state index contributed by atoms with van der Waals surface area (Å²) in [6.07, 6.45) is 1.14. The highest BCUT2D eigenvalue weighted by Gasteiger charge is 2.32. The molecule has 0 saturated carbocycles. The Labute approximate surface area is 212 Å². The number of carboxylic acid groups (broad SMARTS) is 1. The van der Waals surface area contributed by atoms with E-state index in [-0.39, 0.29) is 18.5 Å². The van der Waals surface area contributed by atoms with Crippen LogP contribution in [0.3, 0.4) is 0 Å². The second-order valence-electron chi connectivity index (χ2n) is 9.19. The number of benzene rings is 3. The van der Waals surface area contributed by atoms with Gasteiger partial charge in [-0.3, -0.25) is 0 Å². The number of likely N-dealkylation sites (tertiary alicyclic amines) is 1. The summed E-state index contributed by atoms with van der Waals surface area (Å²) in [6, 6.07) is 27.5. The third-order valence-electron chi connectivity index (χ3n) is 6.75. The number of nitrogens with one attached hydrogen (secondary N) is 1. The first-order valence-electron chi connectivity index (χ1n) is 12.5. The number of amides is 3. The standard InChI is InChI=1S/C29H34N4O3/c30-18-15-22-11-13-25(14-12-22)31-26-16-19-32(20-17-26)28(34)33(29(35)36)21-27(23-7-3-1-4-8-23)24-9-5-2-6-10-24/h1-14,26-27,31H,15-21,30H2,(H,35,36). The van der Waals surface area contributed by atoms with Gasteiger partial charge < -0.3 is 21.1 Å². The minimum atomic E-state index is -1.23. The molecule has 1 saturated heterocycles. The first-order valence-corrected chi connectivity index (χ1v) is 12.5. The van der Waals surface area contributed by atoms with E-state index in [1.165, 1.54) is 5.56 Å². The van der Waals surface area contributed by atoms with Crippen LogP contribution < -0.4 is 11.1 Å². The van der Waals surface area contributed by atoms with Gasteiger partial charge in [0.25, 0.3) is 0 Å². The quantitative estimate of drug-likeness (QED) is 0.416. The number of nitrogens with two attached hydrogens (primary N) is 1. The van der Waals surface area contributed by atoms with E-state index in [0.29, 0.717) is 19.6 Å². The summed E-state index contributed by atoms with van der Waals surface area (Å²) in [4.78, 5) is 28.2. The van der Waals surface area contributed by atoms with Crippen LogP contribution in [0.1, 0.15) is 35.4 Å². The van der Waals surface area contributed by atoms with Crippen molar-refractivity contribution in [3.63, 3.8) is 0 Å². The molecule has 1 aliphatic heterocycles. The smallest absolute Gasteiger partial charge is 0.415 e. The third kappa shape index (κ3) is 6.43. The van der Waals surface area contributed by atoms with Crippen molar-refractivity contribution < 1.29 is 14.7 Å². The number of hydrogen-bond donors (Lipinski definition) is 3. The number of hydrogen-bond acceptors (Lipinski definition) is 4. The molecule has 0 bridgehead atoms. The molecule has 7 heteroatoms. The first kappa shape index (κ1) is 25.3. The Kier molecular flexibility index (Phi) is 8.57. The van der Waals surface area contributed by atoms with Gasteiger partial charge in [-0.2, -0.15) is 0 Å². The van der Waals surface area contributed by atoms with E-state index in [0.717, 1.165) is 41.0 Å². The van der Waals surface area contributed by atoms with Crippen LogP contribution in [-0.4, -0.2) is 59.3 Å². The summed E-state index contributed by atoms with van der Waals surface area (Å²) in [5, 5.41) is 13.5. The molecule has 1 aliphatic rings. The Morgan fingerprint density at radius 3 is 1.97 bits per heavy atom. The van der Waals surface area contributed by atoms with Crippen molar-refractivity contribution in [1.82, 2.24) is 9.80 Å². The van der Waals surface area contributed by atoms with Crippen molar-refractivity contribution in [3.8, 4) is 0 Å². The number of rotatable bonds is 8. The molecule has 4 rings (SSSR count). The van der Waals surface area contributed by atoms with E-state index in [1.54, 1.807) is 4.90 Å². The lowest BCUT2D eigenvalue weighted by molar-refractivity contribution is 0.121. The van der Waals surface area contributed by atoms with Crippen molar-refractivity contribution in [1.29, 1.82) is 0 Å². The molecular weight excluding hydrogens is 452 g/mol. The third-order valence-corrected chi connectivity index (χ3v) is 6.75. The van der Waals surface area contributed by atoms with Crippen LogP contribution in [-0.2, 0) is 6.42 Å². The fraction of sp³-hybridized carbons (Fsp3) is 0.310. The monoisotopic (exact) mass is 486 g/mol. The van der Waals surface area contributed by atoms with Crippen LogP contribution in [0.15, 0.2) is 84.9 Å². The molecule has 3 aromatic carbocycles. The molecular formula is C29H34N4O3. The maximum atomic E-state index is 13.3. The molecule has 0 spiro atoms. The van der Waals surface area contributed by atoms with Crippen molar-refractivity contribution in [2.45, 2.75) is 31.2 Å². The molecule has 3 aromatic rings. The van der Waals surface area contributed by atoms with E-state index < -0.39 is 12.1 Å². The molecule has 36 heavy (non-hydrogen) atoms. The average molecular weight is 487 g/mol. The molecule has 0 aliphatic carbocycles. The zero-order chi connectivity index (χ0) is 25.3. The number of anilines is 1. The predicted molar refractivity (Wildman–Crippen MR) is 142 cm³/mol. The number of piperidine rings is 1. The van der Waals surface area contributed by atoms with Crippen molar-refractivity contribution >= 4 is 17.8 Å². The van der Waals surface area contributed by atoms with Crippen LogP contribution in [0.25, 0.3) is 0 Å². The summed E-state index contributed by atoms with van der Waals surface area (Å²) in [5.74, 6) is -0.242. The summed E-state index contributed by atoms with van der Waals surface area (Å²) < 4.78 is 0. The van der Waals surface area contributed by atoms with Gasteiger partial charge in [0.2, 0.25) is 0 Å². The van der Waals surface area contributed by atoms with Gasteiger partial charge in [0.15, 0.2) is 0 Å². The van der Waals surface area contributed by atoms with Crippen LogP contribution >= 0.6 is 0 Å². The van der Waals surface area contributed by atoms with E-state index in [1.807, 2.05) is 60.7 Å². The average Bonchev–Trinajstić information content (AvgIpc) is 2.91. The van der Waals surface area contributed by atoms with E-state index >= 15 is 0 Å². The van der Waals surface area contributed by atoms with Crippen LogP contribution in [0.2, 0.25) is 0 Å². The van der Waals surface area contributed by atoms with Gasteiger partial charge >= 0.3 is 12.1 Å². The Balaban J connectivity index is 1.40. The fourth-order valence-electron chi connectivity index (χ4n) is 4.75. The van der Waals surface area contributed by atoms with Crippen molar-refractivity contribution in [3.05, 3.63) is 102 Å². The minimum absolute atomic E-state index is 0.0650. The minimum Gasteiger partial charge on any atom is -0.465 e. The van der Waals surface area contributed by atoms with E-state index in [2.05, 4.69) is 29.6 Å². The molecule has 0 aromatic heterocycles. The lowest BCUT2D eigenvalue weighted by Crippen LogP contribution is -2.51. The zero-order valence-corrected chi connectivity index (χ0v) is 20.4. The fourth-order valence-corrected chi connectivity index (χ4v) is 4.75. The van der Waals surface area contributed by atoms with Gasteiger partial charge in [0.1, 0.15) is 0 Å². The van der Waals surface area contributed by atoms with Gasteiger partial charge in [-0.05, 0) is 54.6 Å². The normalized spacial score (nSPS) is 14.0. The second-order valence-corrected chi connectivity index (χ2v) is 9.19. The van der Waals surface area contributed by atoms with Crippen LogP contribution in [0.4, 0.5) is 15.3 Å². The topological polar surface area (TPSA) is 98.9 Å². The van der Waals surface area contributed by atoms with Gasteiger partial charge in [-0.15, -0.1) is 0 Å². The molecule has 7 nitrogen and oxygen atoms in total. The number of nitrogens with zero attached hydrogens (tertiary/aromatic N) is 2. The van der Waals surface area contributed by atoms with E-state index in [4.69, 9.17) is 5.73 Å². The first-order chi connectivity index (χ1) is 17.5. The number of imide groups is 1. The van der Waals surface area contributed by atoms with Gasteiger partial charge in [-0.25, -0.2) is 14.5 Å². The highest BCUT2D eigenvalue weighted by molar-refractivity contribution is 5.90. The summed E-state index contributed by atoms with van der Waals surface area (Å²) >= 11 is 0. The Bertz CT molecular complexity index is 1070. The van der Waals surface area contributed by atoms with Gasteiger partial charge in [-0.1, -0.05) is 72.8 Å². The number of carbonyl (C=O) groups excluding carboxylic acids is 1. The zero-order valence-electron chi connectivity index (χ0n) is 20.4. The van der Waals surface area contributed by atoms with Crippen LogP contribution in [0.5, 0.6) is 0 Å². The largest absolute Gasteiger partial charge is 0.465 e. The predicted octanol–water partition coefficient (Wildman–Crippen LogP) is 5.00. The molecule has 0 radical (unpaired) electrons. The Hall–Kier alpha value is -3.84. The summed E-state index contributed by atoms with van der Waals surface area (Å²) in [6.45, 7) is 1.71. The molecule has 3 amide bonds. The highest BCUT2D eigenvalue weighted by Crippen LogP contribution is 2.27. The Morgan fingerprint density at radius 2 is 1.47 bits per heavy atom. The number of urea groups is 1. The number of carbonyl (C=O) groups is 2. The molecule has 188 valence electrons. The summed E-state index contributed by atoms with van der Waals surface area (Å²) in [7, 11) is 0. The van der Waals surface area contributed by atoms with Crippen LogP contribution in [0, 0.1) is 0 Å². The van der Waals surface area contributed by atoms with Crippen molar-refractivity contribution in [2.24, 2.45) is 5.73 Å². The lowest BCUT2D eigenvalue weighted by atomic mass is 9.91. The SMILES string of the molecule is NCCc1ccc(NC2CCN(C(=O)N(CC(c3ccccc3)c3ccccc3)C(=O)O)CC2)cc1. The molecule has 1 fully saturated rings. The maximum absolute atomic E-state index is 13.3. The highest BCUT2D eigenvalue weighted by atomic mass is 16.4. The molecule has 4 N–H and O–H groups in total. The second kappa shape index (κ2) is 12.2. The van der Waals surface area contributed by atoms with Gasteiger partial charge in [0, 0.05) is 37.3 Å². The Morgan fingerprint density at radius 1 is 0.917 bits per heavy atom.